The number of aromatic nitrogens is 2. The maximum absolute atomic E-state index is 12.6. The molecule has 0 aliphatic rings. The van der Waals surface area contributed by atoms with Crippen LogP contribution in [-0.2, 0) is 19.4 Å². The molecule has 152 valence electrons. The number of nitrogens with one attached hydrogen (secondary N) is 2. The van der Waals surface area contributed by atoms with E-state index in [2.05, 4.69) is 29.1 Å². The lowest BCUT2D eigenvalue weighted by molar-refractivity contribution is 0.0942. The Labute approximate surface area is 172 Å². The number of aryl methyl sites for hydroxylation is 1. The van der Waals surface area contributed by atoms with Gasteiger partial charge in [0.2, 0.25) is 5.75 Å². The summed E-state index contributed by atoms with van der Waals surface area (Å²) in [5, 5.41) is 14.6. The summed E-state index contributed by atoms with van der Waals surface area (Å²) in [5.41, 5.74) is 2.13. The van der Waals surface area contributed by atoms with Gasteiger partial charge in [-0.15, -0.1) is 11.3 Å². The van der Waals surface area contributed by atoms with Crippen molar-refractivity contribution in [3.05, 3.63) is 62.4 Å². The average Bonchev–Trinajstić information content (AvgIpc) is 3.27. The molecule has 0 spiro atoms. The van der Waals surface area contributed by atoms with Crippen molar-refractivity contribution in [3.8, 4) is 22.2 Å². The van der Waals surface area contributed by atoms with Crippen molar-refractivity contribution in [1.82, 2.24) is 15.3 Å². The van der Waals surface area contributed by atoms with Crippen molar-refractivity contribution in [1.29, 1.82) is 0 Å². The topological polar surface area (TPSA) is 104 Å². The van der Waals surface area contributed by atoms with Crippen molar-refractivity contribution in [2.24, 2.45) is 0 Å². The lowest BCUT2D eigenvalue weighted by Gasteiger charge is -2.15. The number of aromatic amines is 1. The van der Waals surface area contributed by atoms with E-state index in [1.54, 1.807) is 13.2 Å². The molecule has 1 amide bonds. The number of hydrogen-bond acceptors (Lipinski definition) is 6. The summed E-state index contributed by atoms with van der Waals surface area (Å²) in [4.78, 5) is 32.0. The minimum Gasteiger partial charge on any atom is -0.501 e. The molecule has 0 atom stereocenters. The highest BCUT2D eigenvalue weighted by Crippen LogP contribution is 2.26. The Hall–Kier alpha value is -3.13. The van der Waals surface area contributed by atoms with Crippen LogP contribution >= 0.6 is 11.3 Å². The minimum absolute atomic E-state index is 0.217. The first kappa shape index (κ1) is 20.6. The van der Waals surface area contributed by atoms with Crippen molar-refractivity contribution in [2.75, 3.05) is 7.11 Å². The second kappa shape index (κ2) is 8.91. The number of nitrogens with zero attached hydrogens (tertiary/aromatic N) is 1. The van der Waals surface area contributed by atoms with Gasteiger partial charge in [-0.1, -0.05) is 26.0 Å². The van der Waals surface area contributed by atoms with E-state index in [9.17, 15) is 14.7 Å². The van der Waals surface area contributed by atoms with Gasteiger partial charge in [-0.25, -0.2) is 4.98 Å². The maximum atomic E-state index is 12.6. The second-order valence-corrected chi connectivity index (χ2v) is 7.36. The highest BCUT2D eigenvalue weighted by Gasteiger charge is 2.19. The molecule has 0 saturated carbocycles. The SMILES string of the molecule is CCc1cc(CNC(=O)c2nc(-c3cccs3)[nH]c(=O)c2O)cc(OC)c1CC. The number of methoxy groups -OCH3 is 1. The van der Waals surface area contributed by atoms with E-state index in [-0.39, 0.29) is 18.1 Å². The molecule has 3 aromatic rings. The van der Waals surface area contributed by atoms with Gasteiger partial charge in [-0.05, 0) is 47.0 Å². The highest BCUT2D eigenvalue weighted by molar-refractivity contribution is 7.13. The van der Waals surface area contributed by atoms with E-state index >= 15 is 0 Å². The first-order chi connectivity index (χ1) is 14.0. The Balaban J connectivity index is 1.86. The molecule has 29 heavy (non-hydrogen) atoms. The number of aromatic hydroxyl groups is 1. The van der Waals surface area contributed by atoms with E-state index in [1.165, 1.54) is 11.3 Å². The summed E-state index contributed by atoms with van der Waals surface area (Å²) in [7, 11) is 1.63. The van der Waals surface area contributed by atoms with Crippen molar-refractivity contribution >= 4 is 17.2 Å². The molecule has 3 N–H and O–H groups in total. The molecule has 0 aliphatic carbocycles. The zero-order valence-electron chi connectivity index (χ0n) is 16.5. The maximum Gasteiger partial charge on any atom is 0.294 e. The van der Waals surface area contributed by atoms with Gasteiger partial charge in [0.25, 0.3) is 11.5 Å². The Bertz CT molecular complexity index is 1050. The van der Waals surface area contributed by atoms with Crippen LogP contribution in [0.5, 0.6) is 11.5 Å². The summed E-state index contributed by atoms with van der Waals surface area (Å²) < 4.78 is 5.49. The molecular formula is C21H23N3O4S. The van der Waals surface area contributed by atoms with Gasteiger partial charge >= 0.3 is 0 Å². The molecule has 3 rings (SSSR count). The number of carbonyl (C=O) groups is 1. The highest BCUT2D eigenvalue weighted by atomic mass is 32.1. The summed E-state index contributed by atoms with van der Waals surface area (Å²) in [6, 6.07) is 7.50. The largest absolute Gasteiger partial charge is 0.501 e. The molecule has 0 saturated heterocycles. The van der Waals surface area contributed by atoms with Crippen LogP contribution in [0.25, 0.3) is 10.7 Å². The van der Waals surface area contributed by atoms with E-state index in [1.807, 2.05) is 23.6 Å². The van der Waals surface area contributed by atoms with E-state index in [4.69, 9.17) is 4.74 Å². The smallest absolute Gasteiger partial charge is 0.294 e. The first-order valence-electron chi connectivity index (χ1n) is 9.32. The van der Waals surface area contributed by atoms with Crippen molar-refractivity contribution < 1.29 is 14.6 Å². The van der Waals surface area contributed by atoms with E-state index in [0.29, 0.717) is 4.88 Å². The second-order valence-electron chi connectivity index (χ2n) is 6.41. The number of carbonyl (C=O) groups excluding carboxylic acids is 1. The fraction of sp³-hybridized carbons (Fsp3) is 0.286. The number of rotatable bonds is 7. The molecule has 2 heterocycles. The Morgan fingerprint density at radius 3 is 2.72 bits per heavy atom. The fourth-order valence-electron chi connectivity index (χ4n) is 3.19. The summed E-state index contributed by atoms with van der Waals surface area (Å²) in [5.74, 6) is -0.289. The first-order valence-corrected chi connectivity index (χ1v) is 10.2. The lowest BCUT2D eigenvalue weighted by atomic mass is 9.98. The molecule has 7 nitrogen and oxygen atoms in total. The van der Waals surface area contributed by atoms with Crippen LogP contribution in [0.2, 0.25) is 0 Å². The van der Waals surface area contributed by atoms with Gasteiger partial charge in [0.05, 0.1) is 12.0 Å². The van der Waals surface area contributed by atoms with Gasteiger partial charge in [0.15, 0.2) is 11.5 Å². The van der Waals surface area contributed by atoms with Gasteiger partial charge in [0, 0.05) is 6.54 Å². The molecule has 0 radical (unpaired) electrons. The number of benzene rings is 1. The molecular weight excluding hydrogens is 390 g/mol. The predicted octanol–water partition coefficient (Wildman–Crippen LogP) is 3.27. The zero-order chi connectivity index (χ0) is 21.0. The Kier molecular flexibility index (Phi) is 6.33. The normalized spacial score (nSPS) is 10.7. The average molecular weight is 413 g/mol. The third kappa shape index (κ3) is 4.32. The van der Waals surface area contributed by atoms with Crippen LogP contribution in [-0.4, -0.2) is 28.1 Å². The van der Waals surface area contributed by atoms with Crippen molar-refractivity contribution in [2.45, 2.75) is 33.2 Å². The quantitative estimate of drug-likeness (QED) is 0.551. The molecule has 0 aliphatic heterocycles. The third-order valence-electron chi connectivity index (χ3n) is 4.63. The number of hydrogen-bond donors (Lipinski definition) is 3. The molecule has 0 unspecified atom stereocenters. The van der Waals surface area contributed by atoms with Crippen molar-refractivity contribution in [3.63, 3.8) is 0 Å². The number of H-pyrrole nitrogens is 1. The van der Waals surface area contributed by atoms with Gasteiger partial charge in [-0.3, -0.25) is 9.59 Å². The van der Waals surface area contributed by atoms with Crippen LogP contribution in [0, 0.1) is 0 Å². The molecule has 1 aromatic carbocycles. The van der Waals surface area contributed by atoms with Crippen LogP contribution < -0.4 is 15.6 Å². The van der Waals surface area contributed by atoms with Gasteiger partial charge in [0.1, 0.15) is 5.75 Å². The molecule has 0 bridgehead atoms. The van der Waals surface area contributed by atoms with Crippen LogP contribution in [0.15, 0.2) is 34.4 Å². The van der Waals surface area contributed by atoms with Crippen LogP contribution in [0.1, 0.15) is 41.0 Å². The summed E-state index contributed by atoms with van der Waals surface area (Å²) in [6.07, 6.45) is 1.71. The Morgan fingerprint density at radius 1 is 1.31 bits per heavy atom. The van der Waals surface area contributed by atoms with Gasteiger partial charge in [-0.2, -0.15) is 0 Å². The van der Waals surface area contributed by atoms with Crippen LogP contribution in [0.4, 0.5) is 0 Å². The molecule has 2 aromatic heterocycles. The number of ether oxygens (including phenoxy) is 1. The van der Waals surface area contributed by atoms with Crippen LogP contribution in [0.3, 0.4) is 0 Å². The minimum atomic E-state index is -0.754. The lowest BCUT2D eigenvalue weighted by Crippen LogP contribution is -2.26. The monoisotopic (exact) mass is 413 g/mol. The predicted molar refractivity (Wildman–Crippen MR) is 113 cm³/mol. The zero-order valence-corrected chi connectivity index (χ0v) is 17.4. The fourth-order valence-corrected chi connectivity index (χ4v) is 3.86. The number of amides is 1. The van der Waals surface area contributed by atoms with E-state index in [0.717, 1.165) is 35.3 Å². The molecule has 8 heteroatoms. The standard InChI is InChI=1S/C21H23N3O4S/c1-4-13-9-12(10-15(28-3)14(13)5-2)11-22-20(26)17-18(25)21(27)24-19(23-17)16-7-6-8-29-16/h6-10,25H,4-5,11H2,1-3H3,(H,22,26)(H,23,24,27). The van der Waals surface area contributed by atoms with E-state index < -0.39 is 17.2 Å². The Morgan fingerprint density at radius 2 is 2.10 bits per heavy atom. The number of thiophene rings is 1. The third-order valence-corrected chi connectivity index (χ3v) is 5.51. The summed E-state index contributed by atoms with van der Waals surface area (Å²) in [6.45, 7) is 4.36. The van der Waals surface area contributed by atoms with Gasteiger partial charge < -0.3 is 20.1 Å². The summed E-state index contributed by atoms with van der Waals surface area (Å²) >= 11 is 1.37. The molecule has 0 fully saturated rings.